The van der Waals surface area contributed by atoms with E-state index >= 15 is 0 Å². The van der Waals surface area contributed by atoms with E-state index in [0.29, 0.717) is 31.7 Å². The Bertz CT molecular complexity index is 1220. The largest absolute Gasteiger partial charge is 0.417 e. The third-order valence-electron chi connectivity index (χ3n) is 5.98. The van der Waals surface area contributed by atoms with Crippen LogP contribution in [0.1, 0.15) is 76.6 Å². The zero-order valence-corrected chi connectivity index (χ0v) is 20.4. The molecule has 1 saturated heterocycles. The first kappa shape index (κ1) is 24.9. The molecule has 0 unspecified atom stereocenters. The lowest BCUT2D eigenvalue weighted by Gasteiger charge is -2.31. The fourth-order valence-corrected chi connectivity index (χ4v) is 4.92. The zero-order valence-electron chi connectivity index (χ0n) is 19.6. The van der Waals surface area contributed by atoms with E-state index in [9.17, 15) is 22.8 Å². The number of H-pyrrole nitrogens is 1. The molecule has 1 aromatic carbocycles. The summed E-state index contributed by atoms with van der Waals surface area (Å²) < 4.78 is 39.9. The second-order valence-corrected chi connectivity index (χ2v) is 10.4. The second kappa shape index (κ2) is 9.44. The summed E-state index contributed by atoms with van der Waals surface area (Å²) in [4.78, 5) is 31.3. The number of piperidine rings is 1. The van der Waals surface area contributed by atoms with Gasteiger partial charge in [-0.15, -0.1) is 11.3 Å². The molecule has 0 saturated carbocycles. The third-order valence-corrected chi connectivity index (χ3v) is 6.98. The van der Waals surface area contributed by atoms with E-state index in [0.717, 1.165) is 16.8 Å². The molecule has 2 N–H and O–H groups in total. The Labute approximate surface area is 204 Å². The number of anilines is 1. The van der Waals surface area contributed by atoms with Crippen LogP contribution in [0.5, 0.6) is 0 Å². The maximum Gasteiger partial charge on any atom is 0.417 e. The average Bonchev–Trinajstić information content (AvgIpc) is 3.48. The van der Waals surface area contributed by atoms with Crippen LogP contribution < -0.4 is 5.32 Å². The highest BCUT2D eigenvalue weighted by atomic mass is 32.1. The number of likely N-dealkylation sites (tertiary alicyclic amines) is 1. The summed E-state index contributed by atoms with van der Waals surface area (Å²) >= 11 is 1.36. The van der Waals surface area contributed by atoms with Gasteiger partial charge in [-0.25, -0.2) is 4.98 Å². The molecular weight excluding hydrogens is 479 g/mol. The number of aromatic nitrogens is 3. The highest BCUT2D eigenvalue weighted by Crippen LogP contribution is 2.34. The molecule has 4 rings (SSSR count). The Morgan fingerprint density at radius 1 is 1.14 bits per heavy atom. The molecule has 2 aromatic heterocycles. The maximum absolute atomic E-state index is 13.3. The van der Waals surface area contributed by atoms with Gasteiger partial charge in [0.2, 0.25) is 0 Å². The van der Waals surface area contributed by atoms with Gasteiger partial charge in [0.05, 0.1) is 16.1 Å². The molecule has 7 nitrogen and oxygen atoms in total. The van der Waals surface area contributed by atoms with E-state index in [2.05, 4.69) is 20.5 Å². The molecule has 35 heavy (non-hydrogen) atoms. The number of carbonyl (C=O) groups is 2. The molecule has 0 spiro atoms. The number of amides is 2. The van der Waals surface area contributed by atoms with Crippen molar-refractivity contribution in [3.05, 3.63) is 63.2 Å². The number of thiazole rings is 1. The van der Waals surface area contributed by atoms with Crippen LogP contribution in [-0.4, -0.2) is 45.0 Å². The first-order chi connectivity index (χ1) is 16.4. The van der Waals surface area contributed by atoms with E-state index in [1.54, 1.807) is 11.4 Å². The van der Waals surface area contributed by atoms with Gasteiger partial charge in [-0.1, -0.05) is 32.9 Å². The summed E-state index contributed by atoms with van der Waals surface area (Å²) in [6.45, 7) is 6.74. The minimum atomic E-state index is -4.59. The minimum absolute atomic E-state index is 0.0290. The Hall–Kier alpha value is -3.21. The second-order valence-electron chi connectivity index (χ2n) is 9.55. The van der Waals surface area contributed by atoms with Crippen LogP contribution in [0, 0.1) is 0 Å². The molecule has 1 fully saturated rings. The SMILES string of the molecule is CC(C)(C)c1cc(NC(=O)c2csc(C3CCN(C(=O)c4ccccc4C(F)(F)F)CC3)n2)n[nH]1. The van der Waals surface area contributed by atoms with Crippen molar-refractivity contribution < 1.29 is 22.8 Å². The summed E-state index contributed by atoms with van der Waals surface area (Å²) in [5.41, 5.74) is -0.211. The molecule has 3 aromatic rings. The number of rotatable bonds is 4. The number of nitrogens with zero attached hydrogens (tertiary/aromatic N) is 3. The summed E-state index contributed by atoms with van der Waals surface area (Å²) in [5.74, 6) is -0.540. The van der Waals surface area contributed by atoms with Crippen molar-refractivity contribution in [2.24, 2.45) is 0 Å². The molecule has 11 heteroatoms. The molecule has 0 aliphatic carbocycles. The molecule has 0 radical (unpaired) electrons. The standard InChI is InChI=1S/C24H26F3N5O2S/c1-23(2,3)18-12-19(31-30-18)29-20(33)17-13-35-21(28-17)14-8-10-32(11-9-14)22(34)15-6-4-5-7-16(15)24(25,26)27/h4-7,12-14H,8-11H2,1-3H3,(H2,29,30,31,33). The van der Waals surface area contributed by atoms with Crippen molar-refractivity contribution in [2.45, 2.75) is 51.1 Å². The van der Waals surface area contributed by atoms with E-state index in [4.69, 9.17) is 0 Å². The predicted octanol–water partition coefficient (Wildman–Crippen LogP) is 5.45. The highest BCUT2D eigenvalue weighted by molar-refractivity contribution is 7.10. The van der Waals surface area contributed by atoms with Gasteiger partial charge in [0.25, 0.3) is 11.8 Å². The van der Waals surface area contributed by atoms with Crippen LogP contribution in [0.3, 0.4) is 0 Å². The molecule has 0 atom stereocenters. The molecule has 2 amide bonds. The van der Waals surface area contributed by atoms with E-state index < -0.39 is 17.6 Å². The number of halogens is 3. The lowest BCUT2D eigenvalue weighted by molar-refractivity contribution is -0.138. The number of hydrogen-bond donors (Lipinski definition) is 2. The van der Waals surface area contributed by atoms with Gasteiger partial charge in [-0.2, -0.15) is 18.3 Å². The van der Waals surface area contributed by atoms with Gasteiger partial charge >= 0.3 is 6.18 Å². The van der Waals surface area contributed by atoms with Gasteiger partial charge in [-0.05, 0) is 25.0 Å². The molecule has 1 aliphatic heterocycles. The van der Waals surface area contributed by atoms with E-state index in [1.165, 1.54) is 34.4 Å². The van der Waals surface area contributed by atoms with Crippen LogP contribution >= 0.6 is 11.3 Å². The van der Waals surface area contributed by atoms with Gasteiger partial charge in [0.15, 0.2) is 5.82 Å². The molecule has 3 heterocycles. The van der Waals surface area contributed by atoms with Gasteiger partial charge in [-0.3, -0.25) is 14.7 Å². The van der Waals surface area contributed by atoms with Crippen LogP contribution in [0.15, 0.2) is 35.7 Å². The molecule has 186 valence electrons. The molecule has 0 bridgehead atoms. The Morgan fingerprint density at radius 2 is 1.83 bits per heavy atom. The summed E-state index contributed by atoms with van der Waals surface area (Å²) in [5, 5.41) is 12.2. The Morgan fingerprint density at radius 3 is 2.46 bits per heavy atom. The van der Waals surface area contributed by atoms with Gasteiger partial charge < -0.3 is 10.2 Å². The Balaban J connectivity index is 1.37. The summed E-state index contributed by atoms with van der Waals surface area (Å²) in [6, 6.07) is 6.64. The number of nitrogens with one attached hydrogen (secondary N) is 2. The van der Waals surface area contributed by atoms with Crippen molar-refractivity contribution in [3.8, 4) is 0 Å². The number of hydrogen-bond acceptors (Lipinski definition) is 5. The van der Waals surface area contributed by atoms with Gasteiger partial charge in [0, 0.05) is 41.6 Å². The number of aromatic amines is 1. The fraction of sp³-hybridized carbons (Fsp3) is 0.417. The lowest BCUT2D eigenvalue weighted by atomic mass is 9.92. The topological polar surface area (TPSA) is 91.0 Å². The van der Waals surface area contributed by atoms with Crippen molar-refractivity contribution in [1.82, 2.24) is 20.1 Å². The van der Waals surface area contributed by atoms with Crippen molar-refractivity contribution >= 4 is 29.0 Å². The van der Waals surface area contributed by atoms with E-state index in [-0.39, 0.29) is 28.5 Å². The van der Waals surface area contributed by atoms with Gasteiger partial charge in [0.1, 0.15) is 5.69 Å². The van der Waals surface area contributed by atoms with Crippen LogP contribution in [0.4, 0.5) is 19.0 Å². The normalized spacial score (nSPS) is 15.3. The predicted molar refractivity (Wildman–Crippen MR) is 127 cm³/mol. The quantitative estimate of drug-likeness (QED) is 0.493. The maximum atomic E-state index is 13.3. The van der Waals surface area contributed by atoms with Crippen molar-refractivity contribution in [1.29, 1.82) is 0 Å². The zero-order chi connectivity index (χ0) is 25.4. The fourth-order valence-electron chi connectivity index (χ4n) is 3.95. The number of carbonyl (C=O) groups excluding carboxylic acids is 2. The van der Waals surface area contributed by atoms with Crippen molar-refractivity contribution in [2.75, 3.05) is 18.4 Å². The summed E-state index contributed by atoms with van der Waals surface area (Å²) in [7, 11) is 0. The first-order valence-electron chi connectivity index (χ1n) is 11.2. The van der Waals surface area contributed by atoms with E-state index in [1.807, 2.05) is 20.8 Å². The number of benzene rings is 1. The molecule has 1 aliphatic rings. The minimum Gasteiger partial charge on any atom is -0.339 e. The van der Waals surface area contributed by atoms with Crippen LogP contribution in [0.2, 0.25) is 0 Å². The average molecular weight is 506 g/mol. The monoisotopic (exact) mass is 505 g/mol. The highest BCUT2D eigenvalue weighted by Gasteiger charge is 2.36. The first-order valence-corrected chi connectivity index (χ1v) is 12.1. The van der Waals surface area contributed by atoms with Crippen LogP contribution in [-0.2, 0) is 11.6 Å². The summed E-state index contributed by atoms with van der Waals surface area (Å²) in [6.07, 6.45) is -3.47. The Kier molecular flexibility index (Phi) is 6.72. The lowest BCUT2D eigenvalue weighted by Crippen LogP contribution is -2.38. The smallest absolute Gasteiger partial charge is 0.339 e. The number of alkyl halides is 3. The van der Waals surface area contributed by atoms with Crippen LogP contribution in [0.25, 0.3) is 0 Å². The third kappa shape index (κ3) is 5.55. The van der Waals surface area contributed by atoms with Crippen molar-refractivity contribution in [3.63, 3.8) is 0 Å². The molecular formula is C24H26F3N5O2S.